The van der Waals surface area contributed by atoms with Crippen LogP contribution in [0.25, 0.3) is 0 Å². The Morgan fingerprint density at radius 1 is 1.31 bits per heavy atom. The van der Waals surface area contributed by atoms with Gasteiger partial charge in [-0.15, -0.1) is 11.8 Å². The summed E-state index contributed by atoms with van der Waals surface area (Å²) in [5, 5.41) is 0. The first-order valence-corrected chi connectivity index (χ1v) is 6.12. The Hall–Kier alpha value is -0.170. The zero-order valence-electron chi connectivity index (χ0n) is 9.13. The van der Waals surface area contributed by atoms with E-state index in [0.29, 0.717) is 5.92 Å². The van der Waals surface area contributed by atoms with Gasteiger partial charge in [-0.3, -0.25) is 0 Å². The first-order chi connectivity index (χ1) is 6.11. The fourth-order valence-electron chi connectivity index (χ4n) is 1.65. The standard InChI is InChI=1S/C12H20S/c1-9(2)8-11-6-5-7-13-12(11)10(3)4/h5-6,9-10H,7-8H2,1-4H3. The lowest BCUT2D eigenvalue weighted by Gasteiger charge is -2.19. The summed E-state index contributed by atoms with van der Waals surface area (Å²) in [5.74, 6) is 2.63. The monoisotopic (exact) mass is 196 g/mol. The Kier molecular flexibility index (Phi) is 4.11. The van der Waals surface area contributed by atoms with Crippen molar-refractivity contribution in [2.24, 2.45) is 11.8 Å². The number of rotatable bonds is 3. The second kappa shape index (κ2) is 4.90. The van der Waals surface area contributed by atoms with E-state index < -0.39 is 0 Å². The second-order valence-electron chi connectivity index (χ2n) is 4.36. The van der Waals surface area contributed by atoms with Gasteiger partial charge in [0.1, 0.15) is 0 Å². The SMILES string of the molecule is CC(C)CC1=C(C(C)C)SCC=C1. The molecule has 0 nitrogen and oxygen atoms in total. The highest BCUT2D eigenvalue weighted by Crippen LogP contribution is 2.34. The third-order valence-electron chi connectivity index (χ3n) is 2.12. The molecular weight excluding hydrogens is 176 g/mol. The maximum Gasteiger partial charge on any atom is 0.0161 e. The van der Waals surface area contributed by atoms with E-state index in [1.807, 2.05) is 11.8 Å². The Labute approximate surface area is 86.5 Å². The molecule has 0 aromatic rings. The lowest BCUT2D eigenvalue weighted by Crippen LogP contribution is -2.02. The molecule has 0 N–H and O–H groups in total. The van der Waals surface area contributed by atoms with Crippen LogP contribution in [0.4, 0.5) is 0 Å². The number of hydrogen-bond donors (Lipinski definition) is 0. The molecule has 0 amide bonds. The molecule has 1 heterocycles. The van der Waals surface area contributed by atoms with Gasteiger partial charge in [0.05, 0.1) is 0 Å². The highest BCUT2D eigenvalue weighted by molar-refractivity contribution is 8.03. The zero-order valence-corrected chi connectivity index (χ0v) is 9.95. The zero-order chi connectivity index (χ0) is 9.84. The molecule has 0 saturated carbocycles. The van der Waals surface area contributed by atoms with Crippen molar-refractivity contribution in [2.75, 3.05) is 5.75 Å². The number of thioether (sulfide) groups is 1. The van der Waals surface area contributed by atoms with Gasteiger partial charge in [0.25, 0.3) is 0 Å². The topological polar surface area (TPSA) is 0 Å². The van der Waals surface area contributed by atoms with E-state index in [1.54, 1.807) is 10.5 Å². The first kappa shape index (κ1) is 10.9. The van der Waals surface area contributed by atoms with Crippen LogP contribution in [0.5, 0.6) is 0 Å². The van der Waals surface area contributed by atoms with Crippen molar-refractivity contribution in [1.82, 2.24) is 0 Å². The van der Waals surface area contributed by atoms with Crippen LogP contribution in [-0.2, 0) is 0 Å². The van der Waals surface area contributed by atoms with E-state index in [0.717, 1.165) is 11.7 Å². The van der Waals surface area contributed by atoms with Crippen LogP contribution in [0.2, 0.25) is 0 Å². The van der Waals surface area contributed by atoms with Crippen molar-refractivity contribution in [1.29, 1.82) is 0 Å². The molecule has 0 spiro atoms. The Balaban J connectivity index is 2.78. The van der Waals surface area contributed by atoms with Crippen molar-refractivity contribution >= 4 is 11.8 Å². The van der Waals surface area contributed by atoms with Gasteiger partial charge in [-0.25, -0.2) is 0 Å². The van der Waals surface area contributed by atoms with Gasteiger partial charge < -0.3 is 0 Å². The summed E-state index contributed by atoms with van der Waals surface area (Å²) in [6.07, 6.45) is 5.84. The summed E-state index contributed by atoms with van der Waals surface area (Å²) in [5.41, 5.74) is 1.57. The smallest absolute Gasteiger partial charge is 0.0161 e. The number of allylic oxidation sites excluding steroid dienone is 3. The summed E-state index contributed by atoms with van der Waals surface area (Å²) < 4.78 is 0. The van der Waals surface area contributed by atoms with Crippen molar-refractivity contribution in [3.8, 4) is 0 Å². The average Bonchev–Trinajstić information content (AvgIpc) is 2.03. The van der Waals surface area contributed by atoms with Gasteiger partial charge in [0.15, 0.2) is 0 Å². The molecule has 0 aliphatic carbocycles. The second-order valence-corrected chi connectivity index (χ2v) is 5.42. The largest absolute Gasteiger partial charge is 0.126 e. The summed E-state index contributed by atoms with van der Waals surface area (Å²) in [6, 6.07) is 0. The fraction of sp³-hybridized carbons (Fsp3) is 0.667. The van der Waals surface area contributed by atoms with Crippen LogP contribution in [-0.4, -0.2) is 5.75 Å². The maximum absolute atomic E-state index is 2.33. The molecule has 1 aliphatic rings. The van der Waals surface area contributed by atoms with Crippen molar-refractivity contribution in [3.05, 3.63) is 22.6 Å². The van der Waals surface area contributed by atoms with E-state index >= 15 is 0 Å². The molecule has 1 aliphatic heterocycles. The normalized spacial score (nSPS) is 17.7. The van der Waals surface area contributed by atoms with Gasteiger partial charge in [0.2, 0.25) is 0 Å². The van der Waals surface area contributed by atoms with Gasteiger partial charge >= 0.3 is 0 Å². The molecule has 1 rings (SSSR count). The molecule has 74 valence electrons. The van der Waals surface area contributed by atoms with Gasteiger partial charge in [0, 0.05) is 5.75 Å². The minimum Gasteiger partial charge on any atom is -0.126 e. The van der Waals surface area contributed by atoms with E-state index in [-0.39, 0.29) is 0 Å². The Bertz CT molecular complexity index is 221. The van der Waals surface area contributed by atoms with E-state index in [4.69, 9.17) is 0 Å². The molecule has 13 heavy (non-hydrogen) atoms. The first-order valence-electron chi connectivity index (χ1n) is 5.13. The molecule has 0 bridgehead atoms. The maximum atomic E-state index is 2.33. The summed E-state index contributed by atoms with van der Waals surface area (Å²) in [4.78, 5) is 1.61. The molecule has 1 heteroatoms. The Morgan fingerprint density at radius 2 is 2.00 bits per heavy atom. The third-order valence-corrected chi connectivity index (χ3v) is 3.53. The van der Waals surface area contributed by atoms with Gasteiger partial charge in [-0.2, -0.15) is 0 Å². The highest BCUT2D eigenvalue weighted by Gasteiger charge is 2.13. The van der Waals surface area contributed by atoms with Crippen LogP contribution >= 0.6 is 11.8 Å². The minimum atomic E-state index is 0.698. The van der Waals surface area contributed by atoms with E-state index in [1.165, 1.54) is 6.42 Å². The molecule has 0 saturated heterocycles. The summed E-state index contributed by atoms with van der Waals surface area (Å²) in [7, 11) is 0. The highest BCUT2D eigenvalue weighted by atomic mass is 32.2. The fourth-order valence-corrected chi connectivity index (χ4v) is 2.69. The minimum absolute atomic E-state index is 0.698. The summed E-state index contributed by atoms with van der Waals surface area (Å²) in [6.45, 7) is 9.17. The van der Waals surface area contributed by atoms with Gasteiger partial charge in [-0.05, 0) is 28.7 Å². The lowest BCUT2D eigenvalue weighted by atomic mass is 9.99. The van der Waals surface area contributed by atoms with E-state index in [2.05, 4.69) is 39.8 Å². The molecule has 0 aromatic carbocycles. The molecule has 0 radical (unpaired) electrons. The van der Waals surface area contributed by atoms with Crippen LogP contribution < -0.4 is 0 Å². The predicted molar refractivity (Wildman–Crippen MR) is 62.9 cm³/mol. The predicted octanol–water partition coefficient (Wildman–Crippen LogP) is 4.25. The van der Waals surface area contributed by atoms with Crippen LogP contribution in [0.3, 0.4) is 0 Å². The molecule has 0 fully saturated rings. The lowest BCUT2D eigenvalue weighted by molar-refractivity contribution is 0.641. The molecule has 0 atom stereocenters. The van der Waals surface area contributed by atoms with Crippen LogP contribution in [0.1, 0.15) is 34.1 Å². The molecule has 0 aromatic heterocycles. The number of hydrogen-bond acceptors (Lipinski definition) is 1. The van der Waals surface area contributed by atoms with Crippen LogP contribution in [0, 0.1) is 11.8 Å². The quantitative estimate of drug-likeness (QED) is 0.650. The van der Waals surface area contributed by atoms with E-state index in [9.17, 15) is 0 Å². The van der Waals surface area contributed by atoms with Crippen molar-refractivity contribution in [2.45, 2.75) is 34.1 Å². The van der Waals surface area contributed by atoms with Crippen molar-refractivity contribution < 1.29 is 0 Å². The van der Waals surface area contributed by atoms with Crippen molar-refractivity contribution in [3.63, 3.8) is 0 Å². The molecule has 0 unspecified atom stereocenters. The molecular formula is C12H20S. The van der Waals surface area contributed by atoms with Gasteiger partial charge in [-0.1, -0.05) is 39.8 Å². The Morgan fingerprint density at radius 3 is 2.54 bits per heavy atom. The average molecular weight is 196 g/mol. The summed E-state index contributed by atoms with van der Waals surface area (Å²) >= 11 is 2.01. The third kappa shape index (κ3) is 3.22. The van der Waals surface area contributed by atoms with Crippen LogP contribution in [0.15, 0.2) is 22.6 Å².